The summed E-state index contributed by atoms with van der Waals surface area (Å²) in [6.45, 7) is 3.89. The van der Waals surface area contributed by atoms with Crippen molar-refractivity contribution in [3.05, 3.63) is 53.4 Å². The molecule has 1 saturated carbocycles. The molecular weight excluding hydrogens is 378 g/mol. The van der Waals surface area contributed by atoms with Crippen molar-refractivity contribution in [3.63, 3.8) is 0 Å². The van der Waals surface area contributed by atoms with E-state index in [1.807, 2.05) is 32.2 Å². The minimum absolute atomic E-state index is 0.173. The number of nitriles is 1. The molecule has 1 aliphatic carbocycles. The third kappa shape index (κ3) is 4.84. The van der Waals surface area contributed by atoms with Crippen LogP contribution in [0.25, 0.3) is 16.3 Å². The number of carbonyl (C=O) groups is 1. The van der Waals surface area contributed by atoms with Crippen LogP contribution in [0.4, 0.5) is 5.82 Å². The van der Waals surface area contributed by atoms with Gasteiger partial charge in [0.05, 0.1) is 23.4 Å². The molecule has 2 aromatic rings. The van der Waals surface area contributed by atoms with Gasteiger partial charge in [-0.15, -0.1) is 0 Å². The Morgan fingerprint density at radius 3 is 2.70 bits per heavy atom. The maximum absolute atomic E-state index is 10.6. The number of oxime groups is 1. The van der Waals surface area contributed by atoms with Crippen molar-refractivity contribution in [2.45, 2.75) is 45.6 Å². The van der Waals surface area contributed by atoms with Gasteiger partial charge in [-0.3, -0.25) is 4.79 Å². The molecule has 2 aliphatic rings. The number of hydrogen-bond donors (Lipinski definition) is 3. The van der Waals surface area contributed by atoms with E-state index in [9.17, 15) is 10.1 Å². The van der Waals surface area contributed by atoms with E-state index in [0.717, 1.165) is 27.5 Å². The van der Waals surface area contributed by atoms with Gasteiger partial charge in [-0.05, 0) is 42.5 Å². The third-order valence-corrected chi connectivity index (χ3v) is 4.93. The molecule has 1 unspecified atom stereocenters. The Kier molecular flexibility index (Phi) is 6.81. The summed E-state index contributed by atoms with van der Waals surface area (Å²) >= 11 is 0. The number of anilines is 1. The Morgan fingerprint density at radius 1 is 1.37 bits per heavy atom. The summed E-state index contributed by atoms with van der Waals surface area (Å²) in [6, 6.07) is 7.50. The second-order valence-corrected chi connectivity index (χ2v) is 7.25. The topological polar surface area (TPSA) is 110 Å². The lowest BCUT2D eigenvalue weighted by Crippen LogP contribution is -2.33. The summed E-state index contributed by atoms with van der Waals surface area (Å²) in [5, 5.41) is 29.5. The van der Waals surface area contributed by atoms with E-state index in [0.29, 0.717) is 29.9 Å². The molecule has 0 spiro atoms. The molecule has 0 saturated heterocycles. The van der Waals surface area contributed by atoms with Crippen LogP contribution < -0.4 is 10.6 Å². The third-order valence-electron chi connectivity index (χ3n) is 4.93. The highest BCUT2D eigenvalue weighted by molar-refractivity contribution is 5.96. The maximum Gasteiger partial charge on any atom is 0.212 e. The average molecular weight is 403 g/mol. The molecule has 1 aliphatic heterocycles. The number of benzene rings is 1. The monoisotopic (exact) mass is 403 g/mol. The fraction of sp³-hybridized carbons (Fsp3) is 0.304. The van der Waals surface area contributed by atoms with Crippen LogP contribution in [0.15, 0.2) is 47.4 Å². The summed E-state index contributed by atoms with van der Waals surface area (Å²) in [7, 11) is 0. The van der Waals surface area contributed by atoms with E-state index >= 15 is 0 Å². The number of nitrogens with one attached hydrogen (secondary N) is 2. The van der Waals surface area contributed by atoms with Gasteiger partial charge in [0.2, 0.25) is 6.41 Å². The molecule has 1 atom stereocenters. The van der Waals surface area contributed by atoms with Crippen molar-refractivity contribution in [2.24, 2.45) is 5.16 Å². The second-order valence-electron chi connectivity index (χ2n) is 7.25. The molecule has 0 radical (unpaired) electrons. The first-order valence-electron chi connectivity index (χ1n) is 10.0. The number of nitrogens with zero attached hydrogens (tertiary/aromatic N) is 3. The fourth-order valence-corrected chi connectivity index (χ4v) is 3.16. The van der Waals surface area contributed by atoms with E-state index < -0.39 is 0 Å². The Hall–Kier alpha value is -3.66. The zero-order valence-corrected chi connectivity index (χ0v) is 17.1. The van der Waals surface area contributed by atoms with E-state index in [1.54, 1.807) is 18.3 Å². The molecule has 0 bridgehead atoms. The van der Waals surface area contributed by atoms with Crippen molar-refractivity contribution in [3.8, 4) is 6.07 Å². The van der Waals surface area contributed by atoms with E-state index in [4.69, 9.17) is 5.21 Å². The maximum atomic E-state index is 10.6. The highest BCUT2D eigenvalue weighted by atomic mass is 16.4. The first kappa shape index (κ1) is 21.1. The highest BCUT2D eigenvalue weighted by Gasteiger charge is 2.20. The number of rotatable bonds is 5. The zero-order valence-electron chi connectivity index (χ0n) is 17.1. The molecule has 1 aromatic heterocycles. The molecule has 1 aromatic carbocycles. The molecule has 3 N–H and O–H groups in total. The van der Waals surface area contributed by atoms with Gasteiger partial charge in [0.25, 0.3) is 0 Å². The van der Waals surface area contributed by atoms with Gasteiger partial charge in [0.1, 0.15) is 5.82 Å². The SMILES string of the molecule is C1CC1.CC/C(=N\O)C1C=C(C)C(c2cc3cnc(NC=O)cc3cc2C#N)=CN1. The number of dihydropyridines is 1. The second kappa shape index (κ2) is 9.70. The van der Waals surface area contributed by atoms with Crippen LogP contribution in [-0.2, 0) is 4.79 Å². The van der Waals surface area contributed by atoms with E-state index in [2.05, 4.69) is 26.8 Å². The minimum atomic E-state index is -0.173. The normalized spacial score (nSPS) is 17.5. The van der Waals surface area contributed by atoms with Crippen LogP contribution in [0.3, 0.4) is 0 Å². The van der Waals surface area contributed by atoms with Crippen molar-refractivity contribution < 1.29 is 10.0 Å². The van der Waals surface area contributed by atoms with Gasteiger partial charge in [-0.25, -0.2) is 4.98 Å². The average Bonchev–Trinajstić information content (AvgIpc) is 3.64. The summed E-state index contributed by atoms with van der Waals surface area (Å²) in [5.74, 6) is 0.432. The smallest absolute Gasteiger partial charge is 0.212 e. The zero-order chi connectivity index (χ0) is 21.5. The lowest BCUT2D eigenvalue weighted by atomic mass is 9.90. The number of hydrogen-bond acceptors (Lipinski definition) is 6. The van der Waals surface area contributed by atoms with E-state index in [1.165, 1.54) is 19.3 Å². The largest absolute Gasteiger partial charge is 0.411 e. The van der Waals surface area contributed by atoms with Crippen LogP contribution in [-0.4, -0.2) is 28.4 Å². The first-order valence-corrected chi connectivity index (χ1v) is 10.0. The summed E-state index contributed by atoms with van der Waals surface area (Å²) < 4.78 is 0. The van der Waals surface area contributed by atoms with Gasteiger partial charge in [0.15, 0.2) is 0 Å². The number of pyridine rings is 1. The quantitative estimate of drug-likeness (QED) is 0.298. The first-order chi connectivity index (χ1) is 14.6. The molecule has 1 fully saturated rings. The molecular formula is C23H25N5O2. The number of aromatic nitrogens is 1. The van der Waals surface area contributed by atoms with Crippen LogP contribution in [0.2, 0.25) is 0 Å². The summed E-state index contributed by atoms with van der Waals surface area (Å²) in [5.41, 5.74) is 3.84. The minimum Gasteiger partial charge on any atom is -0.411 e. The van der Waals surface area contributed by atoms with Gasteiger partial charge in [-0.1, -0.05) is 37.4 Å². The van der Waals surface area contributed by atoms with Crippen molar-refractivity contribution in [2.75, 3.05) is 5.32 Å². The number of carbonyl (C=O) groups excluding carboxylic acids is 1. The molecule has 154 valence electrons. The Labute approximate surface area is 175 Å². The number of amides is 1. The van der Waals surface area contributed by atoms with Crippen molar-refractivity contribution in [1.29, 1.82) is 5.26 Å². The summed E-state index contributed by atoms with van der Waals surface area (Å²) in [6.07, 6.45) is 11.2. The van der Waals surface area contributed by atoms with Crippen LogP contribution in [0, 0.1) is 11.3 Å². The van der Waals surface area contributed by atoms with Crippen molar-refractivity contribution in [1.82, 2.24) is 10.3 Å². The Morgan fingerprint density at radius 2 is 2.13 bits per heavy atom. The lowest BCUT2D eigenvalue weighted by Gasteiger charge is -2.23. The van der Waals surface area contributed by atoms with Gasteiger partial charge in [0, 0.05) is 28.9 Å². The molecule has 4 rings (SSSR count). The van der Waals surface area contributed by atoms with Gasteiger partial charge < -0.3 is 15.8 Å². The van der Waals surface area contributed by atoms with E-state index in [-0.39, 0.29) is 6.04 Å². The standard InChI is InChI=1S/C20H19N5O2.C3H6/c1-3-18(25-27)19-4-12(2)17(10-22-19)16-6-15-9-23-20(24-11-26)7-13(15)5-14(16)8-21;1-2-3-1/h4-7,9-11,19,22,27H,3H2,1-2H3,(H,23,24,26);1-3H2/b25-18+;. The number of fused-ring (bicyclic) bond motifs is 1. The fourth-order valence-electron chi connectivity index (χ4n) is 3.16. The molecule has 7 heteroatoms. The highest BCUT2D eigenvalue weighted by Crippen LogP contribution is 2.31. The number of allylic oxidation sites excluding steroid dienone is 2. The molecule has 30 heavy (non-hydrogen) atoms. The predicted octanol–water partition coefficient (Wildman–Crippen LogP) is 4.34. The van der Waals surface area contributed by atoms with Crippen LogP contribution in [0.1, 0.15) is 50.7 Å². The molecule has 2 heterocycles. The Balaban J connectivity index is 0.000000782. The van der Waals surface area contributed by atoms with Gasteiger partial charge >= 0.3 is 0 Å². The van der Waals surface area contributed by atoms with Crippen LogP contribution in [0.5, 0.6) is 0 Å². The molecule has 7 nitrogen and oxygen atoms in total. The summed E-state index contributed by atoms with van der Waals surface area (Å²) in [4.78, 5) is 14.8. The van der Waals surface area contributed by atoms with Crippen molar-refractivity contribution >= 4 is 34.3 Å². The Bertz CT molecular complexity index is 1070. The van der Waals surface area contributed by atoms with Crippen LogP contribution >= 0.6 is 0 Å². The lowest BCUT2D eigenvalue weighted by molar-refractivity contribution is -0.105. The molecule has 1 amide bonds. The predicted molar refractivity (Wildman–Crippen MR) is 118 cm³/mol. The van der Waals surface area contributed by atoms with Gasteiger partial charge in [-0.2, -0.15) is 5.26 Å².